The standard InChI is InChI=1S/C21H14BrN3OS2/c22-15-7-3-5-13(11-15)19(26)25-21(27)23-16-8-4-6-14(12-16)20-24-17-9-1-2-10-18(17)28-20/h1-12H,(H2,23,25,26,27). The number of thiocarbonyl (C=S) groups is 1. The first-order valence-corrected chi connectivity index (χ1v) is 10.4. The minimum atomic E-state index is -0.263. The maximum absolute atomic E-state index is 12.3. The Morgan fingerprint density at radius 2 is 1.82 bits per heavy atom. The van der Waals surface area contributed by atoms with Gasteiger partial charge in [0.1, 0.15) is 5.01 Å². The number of nitrogens with one attached hydrogen (secondary N) is 2. The number of aromatic nitrogens is 1. The van der Waals surface area contributed by atoms with Crippen molar-refractivity contribution < 1.29 is 4.79 Å². The zero-order chi connectivity index (χ0) is 19.5. The summed E-state index contributed by atoms with van der Waals surface area (Å²) in [7, 11) is 0. The van der Waals surface area contributed by atoms with E-state index >= 15 is 0 Å². The van der Waals surface area contributed by atoms with Crippen molar-refractivity contribution >= 4 is 66.4 Å². The minimum Gasteiger partial charge on any atom is -0.332 e. The van der Waals surface area contributed by atoms with Crippen LogP contribution in [-0.4, -0.2) is 16.0 Å². The summed E-state index contributed by atoms with van der Waals surface area (Å²) < 4.78 is 1.98. The maximum Gasteiger partial charge on any atom is 0.257 e. The van der Waals surface area contributed by atoms with Crippen LogP contribution in [0.1, 0.15) is 10.4 Å². The summed E-state index contributed by atoms with van der Waals surface area (Å²) in [5.74, 6) is -0.263. The van der Waals surface area contributed by atoms with E-state index in [1.165, 1.54) is 0 Å². The largest absolute Gasteiger partial charge is 0.332 e. The number of para-hydroxylation sites is 1. The third kappa shape index (κ3) is 4.27. The van der Waals surface area contributed by atoms with Gasteiger partial charge < -0.3 is 5.32 Å². The van der Waals surface area contributed by atoms with E-state index < -0.39 is 0 Å². The van der Waals surface area contributed by atoms with Gasteiger partial charge in [-0.25, -0.2) is 4.98 Å². The van der Waals surface area contributed by atoms with Crippen LogP contribution in [0.5, 0.6) is 0 Å². The second-order valence-corrected chi connectivity index (χ2v) is 8.34. The molecule has 7 heteroatoms. The summed E-state index contributed by atoms with van der Waals surface area (Å²) >= 11 is 10.3. The Balaban J connectivity index is 1.48. The van der Waals surface area contributed by atoms with E-state index in [2.05, 4.69) is 37.6 Å². The molecule has 0 atom stereocenters. The summed E-state index contributed by atoms with van der Waals surface area (Å²) in [6.07, 6.45) is 0. The van der Waals surface area contributed by atoms with Gasteiger partial charge in [-0.3, -0.25) is 10.1 Å². The van der Waals surface area contributed by atoms with Gasteiger partial charge in [-0.05, 0) is 54.7 Å². The maximum atomic E-state index is 12.3. The predicted octanol–water partition coefficient (Wildman–Crippen LogP) is 5.85. The fourth-order valence-corrected chi connectivity index (χ4v) is 4.26. The molecule has 4 rings (SSSR count). The van der Waals surface area contributed by atoms with Crippen LogP contribution in [0.25, 0.3) is 20.8 Å². The van der Waals surface area contributed by atoms with Crippen LogP contribution in [0, 0.1) is 0 Å². The molecule has 0 aliphatic carbocycles. The molecule has 28 heavy (non-hydrogen) atoms. The van der Waals surface area contributed by atoms with Crippen molar-refractivity contribution in [2.45, 2.75) is 0 Å². The Bertz CT molecular complexity index is 1160. The Kier molecular flexibility index (Phi) is 5.47. The van der Waals surface area contributed by atoms with Gasteiger partial charge in [0, 0.05) is 21.3 Å². The molecule has 0 fully saturated rings. The topological polar surface area (TPSA) is 54.0 Å². The van der Waals surface area contributed by atoms with Crippen LogP contribution in [-0.2, 0) is 0 Å². The van der Waals surface area contributed by atoms with Crippen molar-refractivity contribution in [3.63, 3.8) is 0 Å². The normalized spacial score (nSPS) is 10.6. The van der Waals surface area contributed by atoms with E-state index in [0.717, 1.165) is 30.9 Å². The van der Waals surface area contributed by atoms with Gasteiger partial charge in [0.2, 0.25) is 0 Å². The number of fused-ring (bicyclic) bond motifs is 1. The fraction of sp³-hybridized carbons (Fsp3) is 0. The van der Waals surface area contributed by atoms with Gasteiger partial charge in [-0.1, -0.05) is 46.3 Å². The summed E-state index contributed by atoms with van der Waals surface area (Å²) in [5.41, 5.74) is 3.29. The number of benzene rings is 3. The first-order valence-electron chi connectivity index (χ1n) is 8.42. The highest BCUT2D eigenvalue weighted by molar-refractivity contribution is 9.10. The van der Waals surface area contributed by atoms with Gasteiger partial charge >= 0.3 is 0 Å². The molecule has 3 aromatic carbocycles. The Hall–Kier alpha value is -2.61. The molecule has 0 aliphatic heterocycles. The number of amides is 1. The molecule has 1 aromatic heterocycles. The van der Waals surface area contributed by atoms with Crippen molar-refractivity contribution in [1.82, 2.24) is 10.3 Å². The second-order valence-electron chi connectivity index (χ2n) is 5.99. The predicted molar refractivity (Wildman–Crippen MR) is 123 cm³/mol. The summed E-state index contributed by atoms with van der Waals surface area (Å²) in [4.78, 5) is 17.0. The van der Waals surface area contributed by atoms with Gasteiger partial charge in [0.05, 0.1) is 10.2 Å². The quantitative estimate of drug-likeness (QED) is 0.370. The summed E-state index contributed by atoms with van der Waals surface area (Å²) in [6, 6.07) is 23.0. The van der Waals surface area contributed by atoms with E-state index in [9.17, 15) is 4.79 Å². The number of rotatable bonds is 3. The number of anilines is 1. The zero-order valence-corrected chi connectivity index (χ0v) is 17.7. The van der Waals surface area contributed by atoms with E-state index in [0.29, 0.717) is 5.56 Å². The van der Waals surface area contributed by atoms with Crippen LogP contribution in [0.15, 0.2) is 77.3 Å². The van der Waals surface area contributed by atoms with Crippen LogP contribution in [0.2, 0.25) is 0 Å². The molecule has 0 saturated carbocycles. The molecular formula is C21H14BrN3OS2. The molecule has 2 N–H and O–H groups in total. The number of hydrogen-bond donors (Lipinski definition) is 2. The fourth-order valence-electron chi connectivity index (χ4n) is 2.69. The van der Waals surface area contributed by atoms with E-state index in [-0.39, 0.29) is 11.0 Å². The van der Waals surface area contributed by atoms with Crippen molar-refractivity contribution in [2.24, 2.45) is 0 Å². The van der Waals surface area contributed by atoms with Crippen molar-refractivity contribution in [2.75, 3.05) is 5.32 Å². The van der Waals surface area contributed by atoms with Gasteiger partial charge in [-0.2, -0.15) is 0 Å². The number of nitrogens with zero attached hydrogens (tertiary/aromatic N) is 1. The summed E-state index contributed by atoms with van der Waals surface area (Å²) in [6.45, 7) is 0. The lowest BCUT2D eigenvalue weighted by atomic mass is 10.2. The third-order valence-electron chi connectivity index (χ3n) is 3.98. The SMILES string of the molecule is O=C(NC(=S)Nc1cccc(-c2nc3ccccc3s2)c1)c1cccc(Br)c1. The molecule has 0 spiro atoms. The molecule has 4 nitrogen and oxygen atoms in total. The second kappa shape index (κ2) is 8.18. The average molecular weight is 468 g/mol. The van der Waals surface area contributed by atoms with Gasteiger partial charge in [0.15, 0.2) is 5.11 Å². The molecule has 0 unspecified atom stereocenters. The Morgan fingerprint density at radius 3 is 2.64 bits per heavy atom. The van der Waals surface area contributed by atoms with Crippen molar-refractivity contribution in [1.29, 1.82) is 0 Å². The number of hydrogen-bond acceptors (Lipinski definition) is 4. The summed E-state index contributed by atoms with van der Waals surface area (Å²) in [5, 5.41) is 6.95. The van der Waals surface area contributed by atoms with Crippen molar-refractivity contribution in [3.05, 3.63) is 82.8 Å². The van der Waals surface area contributed by atoms with Crippen LogP contribution in [0.4, 0.5) is 5.69 Å². The molecule has 0 bridgehead atoms. The van der Waals surface area contributed by atoms with E-state index in [4.69, 9.17) is 12.2 Å². The van der Waals surface area contributed by atoms with Gasteiger partial charge in [-0.15, -0.1) is 11.3 Å². The first kappa shape index (κ1) is 18.7. The first-order chi connectivity index (χ1) is 13.6. The molecule has 1 heterocycles. The van der Waals surface area contributed by atoms with E-state index in [1.54, 1.807) is 29.5 Å². The number of halogens is 1. The van der Waals surface area contributed by atoms with Gasteiger partial charge in [0.25, 0.3) is 5.91 Å². The number of thiazole rings is 1. The molecule has 138 valence electrons. The van der Waals surface area contributed by atoms with Crippen LogP contribution < -0.4 is 10.6 Å². The Morgan fingerprint density at radius 1 is 1.00 bits per heavy atom. The Labute approximate surface area is 179 Å². The average Bonchev–Trinajstić information content (AvgIpc) is 3.12. The highest BCUT2D eigenvalue weighted by atomic mass is 79.9. The molecule has 0 aliphatic rings. The van der Waals surface area contributed by atoms with Crippen LogP contribution in [0.3, 0.4) is 0 Å². The molecule has 4 aromatic rings. The molecule has 0 saturated heterocycles. The molecular weight excluding hydrogens is 454 g/mol. The lowest BCUT2D eigenvalue weighted by molar-refractivity contribution is 0.0977. The smallest absolute Gasteiger partial charge is 0.257 e. The van der Waals surface area contributed by atoms with Crippen LogP contribution >= 0.6 is 39.5 Å². The molecule has 1 amide bonds. The highest BCUT2D eigenvalue weighted by Gasteiger charge is 2.10. The monoisotopic (exact) mass is 467 g/mol. The minimum absolute atomic E-state index is 0.242. The van der Waals surface area contributed by atoms with Crippen molar-refractivity contribution in [3.8, 4) is 10.6 Å². The third-order valence-corrected chi connectivity index (χ3v) is 5.76. The number of carbonyl (C=O) groups excluding carboxylic acids is 1. The lowest BCUT2D eigenvalue weighted by Crippen LogP contribution is -2.34. The van der Waals surface area contributed by atoms with E-state index in [1.807, 2.05) is 48.5 Å². The number of carbonyl (C=O) groups is 1. The molecule has 0 radical (unpaired) electrons. The lowest BCUT2D eigenvalue weighted by Gasteiger charge is -2.10. The zero-order valence-electron chi connectivity index (χ0n) is 14.5. The highest BCUT2D eigenvalue weighted by Crippen LogP contribution is 2.31.